The summed E-state index contributed by atoms with van der Waals surface area (Å²) in [4.78, 5) is 26.2. The van der Waals surface area contributed by atoms with Crippen molar-refractivity contribution in [2.75, 3.05) is 0 Å². The Balaban J connectivity index is 2.14. The van der Waals surface area contributed by atoms with Crippen LogP contribution in [0.3, 0.4) is 0 Å². The summed E-state index contributed by atoms with van der Waals surface area (Å²) >= 11 is 0. The minimum atomic E-state index is -0.367. The SMILES string of the molecule is C[C@H](NC(=O)c1c[nH]ccc1=O)c1ccccc1. The van der Waals surface area contributed by atoms with E-state index in [0.717, 1.165) is 5.56 Å². The molecule has 4 heteroatoms. The molecule has 1 heterocycles. The van der Waals surface area contributed by atoms with Crippen molar-refractivity contribution in [3.05, 3.63) is 70.1 Å². The zero-order chi connectivity index (χ0) is 13.0. The molecule has 2 aromatic rings. The number of nitrogens with one attached hydrogen (secondary N) is 2. The van der Waals surface area contributed by atoms with Crippen molar-refractivity contribution in [1.82, 2.24) is 10.3 Å². The Bertz CT molecular complexity index is 590. The number of H-pyrrole nitrogens is 1. The maximum atomic E-state index is 11.9. The molecule has 0 aliphatic rings. The van der Waals surface area contributed by atoms with Gasteiger partial charge in [0.2, 0.25) is 0 Å². The van der Waals surface area contributed by atoms with E-state index in [1.165, 1.54) is 18.5 Å². The van der Waals surface area contributed by atoms with Crippen molar-refractivity contribution in [2.45, 2.75) is 13.0 Å². The maximum absolute atomic E-state index is 11.9. The predicted octanol–water partition coefficient (Wildman–Crippen LogP) is 1.87. The number of amides is 1. The van der Waals surface area contributed by atoms with Crippen LogP contribution in [0.2, 0.25) is 0 Å². The number of aromatic amines is 1. The minimum absolute atomic E-state index is 0.125. The Morgan fingerprint density at radius 2 is 1.94 bits per heavy atom. The second-order valence-electron chi connectivity index (χ2n) is 4.03. The molecular formula is C14H14N2O2. The minimum Gasteiger partial charge on any atom is -0.367 e. The van der Waals surface area contributed by atoms with Crippen molar-refractivity contribution in [1.29, 1.82) is 0 Å². The summed E-state index contributed by atoms with van der Waals surface area (Å²) in [5.74, 6) is -0.367. The number of pyridine rings is 1. The van der Waals surface area contributed by atoms with Crippen LogP contribution in [-0.2, 0) is 0 Å². The largest absolute Gasteiger partial charge is 0.367 e. The number of rotatable bonds is 3. The lowest BCUT2D eigenvalue weighted by molar-refractivity contribution is 0.0938. The van der Waals surface area contributed by atoms with Crippen LogP contribution in [0, 0.1) is 0 Å². The molecule has 0 aliphatic carbocycles. The van der Waals surface area contributed by atoms with Gasteiger partial charge < -0.3 is 10.3 Å². The third-order valence-corrected chi connectivity index (χ3v) is 2.72. The monoisotopic (exact) mass is 242 g/mol. The highest BCUT2D eigenvalue weighted by molar-refractivity contribution is 5.93. The zero-order valence-corrected chi connectivity index (χ0v) is 10.0. The van der Waals surface area contributed by atoms with Crippen molar-refractivity contribution in [3.63, 3.8) is 0 Å². The van der Waals surface area contributed by atoms with Crippen LogP contribution in [0.5, 0.6) is 0 Å². The second-order valence-corrected chi connectivity index (χ2v) is 4.03. The van der Waals surface area contributed by atoms with E-state index in [0.29, 0.717) is 0 Å². The van der Waals surface area contributed by atoms with Crippen molar-refractivity contribution >= 4 is 5.91 Å². The number of carbonyl (C=O) groups is 1. The Morgan fingerprint density at radius 3 is 2.61 bits per heavy atom. The average Bonchev–Trinajstić information content (AvgIpc) is 2.40. The number of hydrogen-bond acceptors (Lipinski definition) is 2. The molecule has 0 spiro atoms. The van der Waals surface area contributed by atoms with Crippen LogP contribution in [0.25, 0.3) is 0 Å². The molecule has 1 atom stereocenters. The predicted molar refractivity (Wildman–Crippen MR) is 69.4 cm³/mol. The second kappa shape index (κ2) is 5.31. The first kappa shape index (κ1) is 12.1. The fraction of sp³-hybridized carbons (Fsp3) is 0.143. The van der Waals surface area contributed by atoms with Gasteiger partial charge in [0.05, 0.1) is 6.04 Å². The lowest BCUT2D eigenvalue weighted by Gasteiger charge is -2.13. The molecule has 1 aromatic heterocycles. The molecule has 0 fully saturated rings. The highest BCUT2D eigenvalue weighted by Crippen LogP contribution is 2.11. The molecule has 0 radical (unpaired) electrons. The van der Waals surface area contributed by atoms with Crippen LogP contribution >= 0.6 is 0 Å². The lowest BCUT2D eigenvalue weighted by Crippen LogP contribution is -2.30. The highest BCUT2D eigenvalue weighted by atomic mass is 16.2. The Morgan fingerprint density at radius 1 is 1.22 bits per heavy atom. The summed E-state index contributed by atoms with van der Waals surface area (Å²) in [6, 6.07) is 10.8. The van der Waals surface area contributed by atoms with E-state index in [1.807, 2.05) is 37.3 Å². The van der Waals surface area contributed by atoms with Gasteiger partial charge in [0, 0.05) is 18.5 Å². The van der Waals surface area contributed by atoms with Gasteiger partial charge in [0.25, 0.3) is 5.91 Å². The van der Waals surface area contributed by atoms with Gasteiger partial charge in [-0.15, -0.1) is 0 Å². The Kier molecular flexibility index (Phi) is 3.57. The van der Waals surface area contributed by atoms with Gasteiger partial charge in [0.15, 0.2) is 5.43 Å². The van der Waals surface area contributed by atoms with Crippen molar-refractivity contribution < 1.29 is 4.79 Å². The van der Waals surface area contributed by atoms with Gasteiger partial charge in [0.1, 0.15) is 5.56 Å². The molecule has 2 N–H and O–H groups in total. The number of hydrogen-bond donors (Lipinski definition) is 2. The van der Waals surface area contributed by atoms with Crippen LogP contribution < -0.4 is 10.7 Å². The van der Waals surface area contributed by atoms with Crippen LogP contribution in [0.4, 0.5) is 0 Å². The molecule has 0 saturated heterocycles. The van der Waals surface area contributed by atoms with E-state index in [9.17, 15) is 9.59 Å². The van der Waals surface area contributed by atoms with Crippen molar-refractivity contribution in [2.24, 2.45) is 0 Å². The molecule has 18 heavy (non-hydrogen) atoms. The first-order chi connectivity index (χ1) is 8.68. The third-order valence-electron chi connectivity index (χ3n) is 2.72. The number of aromatic nitrogens is 1. The molecule has 2 rings (SSSR count). The smallest absolute Gasteiger partial charge is 0.257 e. The Labute approximate surface area is 105 Å². The van der Waals surface area contributed by atoms with Gasteiger partial charge in [-0.3, -0.25) is 9.59 Å². The molecule has 0 aliphatic heterocycles. The van der Waals surface area contributed by atoms with Gasteiger partial charge in [-0.25, -0.2) is 0 Å². The third kappa shape index (κ3) is 2.66. The van der Waals surface area contributed by atoms with Gasteiger partial charge in [-0.2, -0.15) is 0 Å². The highest BCUT2D eigenvalue weighted by Gasteiger charge is 2.13. The summed E-state index contributed by atoms with van der Waals surface area (Å²) in [7, 11) is 0. The molecule has 0 saturated carbocycles. The Hall–Kier alpha value is -2.36. The maximum Gasteiger partial charge on any atom is 0.257 e. The van der Waals surface area contributed by atoms with E-state index >= 15 is 0 Å². The van der Waals surface area contributed by atoms with E-state index < -0.39 is 0 Å². The van der Waals surface area contributed by atoms with E-state index in [2.05, 4.69) is 10.3 Å². The van der Waals surface area contributed by atoms with Crippen LogP contribution in [0.1, 0.15) is 28.9 Å². The average molecular weight is 242 g/mol. The fourth-order valence-electron chi connectivity index (χ4n) is 1.69. The topological polar surface area (TPSA) is 62.0 Å². The summed E-state index contributed by atoms with van der Waals surface area (Å²) in [6.45, 7) is 1.88. The standard InChI is InChI=1S/C14H14N2O2/c1-10(11-5-3-2-4-6-11)16-14(18)12-9-15-8-7-13(12)17/h2-10H,1H3,(H,15,17)(H,16,18)/t10-/m0/s1. The fourth-order valence-corrected chi connectivity index (χ4v) is 1.69. The summed E-state index contributed by atoms with van der Waals surface area (Å²) in [6.07, 6.45) is 2.91. The molecule has 0 bridgehead atoms. The summed E-state index contributed by atoms with van der Waals surface area (Å²) in [5, 5.41) is 2.79. The first-order valence-corrected chi connectivity index (χ1v) is 5.71. The van der Waals surface area contributed by atoms with Crippen LogP contribution in [-0.4, -0.2) is 10.9 Å². The van der Waals surface area contributed by atoms with Gasteiger partial charge in [-0.05, 0) is 12.5 Å². The van der Waals surface area contributed by atoms with E-state index in [4.69, 9.17) is 0 Å². The summed E-state index contributed by atoms with van der Waals surface area (Å²) in [5.41, 5.74) is 0.838. The van der Waals surface area contributed by atoms with E-state index in [-0.39, 0.29) is 22.9 Å². The molecule has 1 aromatic carbocycles. The van der Waals surface area contributed by atoms with E-state index in [1.54, 1.807) is 0 Å². The molecule has 92 valence electrons. The van der Waals surface area contributed by atoms with Gasteiger partial charge >= 0.3 is 0 Å². The first-order valence-electron chi connectivity index (χ1n) is 5.71. The molecule has 1 amide bonds. The van der Waals surface area contributed by atoms with Crippen molar-refractivity contribution in [3.8, 4) is 0 Å². The van der Waals surface area contributed by atoms with Crippen LogP contribution in [0.15, 0.2) is 53.6 Å². The molecule has 4 nitrogen and oxygen atoms in total. The number of carbonyl (C=O) groups excluding carboxylic acids is 1. The zero-order valence-electron chi connectivity index (χ0n) is 10.0. The normalized spacial score (nSPS) is 11.8. The lowest BCUT2D eigenvalue weighted by atomic mass is 10.1. The van der Waals surface area contributed by atoms with Gasteiger partial charge in [-0.1, -0.05) is 30.3 Å². The summed E-state index contributed by atoms with van der Waals surface area (Å²) < 4.78 is 0. The molecular weight excluding hydrogens is 228 g/mol. The number of benzene rings is 1. The molecule has 0 unspecified atom stereocenters. The quantitative estimate of drug-likeness (QED) is 0.863.